The van der Waals surface area contributed by atoms with Gasteiger partial charge in [0.2, 0.25) is 0 Å². The van der Waals surface area contributed by atoms with Crippen LogP contribution < -0.4 is 4.74 Å². The van der Waals surface area contributed by atoms with Gasteiger partial charge in [-0.25, -0.2) is 4.68 Å². The Morgan fingerprint density at radius 3 is 2.90 bits per heavy atom. The molecule has 0 aliphatic heterocycles. The van der Waals surface area contributed by atoms with Crippen LogP contribution in [0, 0.1) is 11.3 Å². The number of ether oxygens (including phenoxy) is 1. The van der Waals surface area contributed by atoms with E-state index in [-0.39, 0.29) is 0 Å². The molecule has 3 aromatic rings. The molecule has 0 saturated carbocycles. The minimum absolute atomic E-state index is 0.315. The lowest BCUT2D eigenvalue weighted by Gasteiger charge is -2.06. The molecule has 98 valence electrons. The molecule has 0 saturated heterocycles. The molecule has 0 N–H and O–H groups in total. The normalized spacial score (nSPS) is 10.2. The highest BCUT2D eigenvalue weighted by molar-refractivity contribution is 7.13. The van der Waals surface area contributed by atoms with Gasteiger partial charge in [-0.05, 0) is 23.6 Å². The largest absolute Gasteiger partial charge is 0.497 e. The van der Waals surface area contributed by atoms with Gasteiger partial charge in [-0.2, -0.15) is 5.26 Å². The van der Waals surface area contributed by atoms with Crippen LogP contribution in [0.25, 0.3) is 16.3 Å². The number of hydrogen-bond donors (Lipinski definition) is 0. The summed E-state index contributed by atoms with van der Waals surface area (Å²) in [7, 11) is 1.61. The second-order valence-electron chi connectivity index (χ2n) is 3.99. The molecule has 2 aromatic heterocycles. The highest BCUT2D eigenvalue weighted by Gasteiger charge is 2.17. The monoisotopic (exact) mass is 282 g/mol. The number of rotatable bonds is 3. The lowest BCUT2D eigenvalue weighted by Crippen LogP contribution is -1.99. The first kappa shape index (κ1) is 12.4. The van der Waals surface area contributed by atoms with Gasteiger partial charge in [0.05, 0.1) is 17.7 Å². The zero-order valence-electron chi connectivity index (χ0n) is 10.6. The van der Waals surface area contributed by atoms with Crippen molar-refractivity contribution in [2.75, 3.05) is 7.11 Å². The molecule has 6 heteroatoms. The fourth-order valence-corrected chi connectivity index (χ4v) is 2.67. The Balaban J connectivity index is 2.20. The molecule has 5 nitrogen and oxygen atoms in total. The minimum atomic E-state index is 0.315. The topological polar surface area (TPSA) is 63.7 Å². The molecule has 0 fully saturated rings. The summed E-state index contributed by atoms with van der Waals surface area (Å²) in [5.41, 5.74) is 1.83. The predicted octanol–water partition coefficient (Wildman–Crippen LogP) is 2.88. The van der Waals surface area contributed by atoms with Gasteiger partial charge in [0.15, 0.2) is 5.69 Å². The second-order valence-corrected chi connectivity index (χ2v) is 4.94. The fraction of sp³-hybridized carbons (Fsp3) is 0.0714. The zero-order chi connectivity index (χ0) is 13.9. The molecule has 0 radical (unpaired) electrons. The summed E-state index contributed by atoms with van der Waals surface area (Å²) in [4.78, 5) is 0.953. The van der Waals surface area contributed by atoms with Crippen LogP contribution in [0.5, 0.6) is 5.75 Å². The highest BCUT2D eigenvalue weighted by Crippen LogP contribution is 2.29. The first-order valence-electron chi connectivity index (χ1n) is 5.87. The number of nitrogens with zero attached hydrogens (tertiary/aromatic N) is 4. The van der Waals surface area contributed by atoms with Gasteiger partial charge in [0.1, 0.15) is 17.5 Å². The van der Waals surface area contributed by atoms with Crippen molar-refractivity contribution < 1.29 is 4.74 Å². The van der Waals surface area contributed by atoms with Crippen molar-refractivity contribution in [3.05, 3.63) is 47.5 Å². The Kier molecular flexibility index (Phi) is 3.19. The average Bonchev–Trinajstić information content (AvgIpc) is 3.15. The summed E-state index contributed by atoms with van der Waals surface area (Å²) in [6.45, 7) is 0. The third kappa shape index (κ3) is 2.04. The maximum absolute atomic E-state index is 9.19. The van der Waals surface area contributed by atoms with Gasteiger partial charge in [-0.15, -0.1) is 16.4 Å². The summed E-state index contributed by atoms with van der Waals surface area (Å²) < 4.78 is 6.88. The van der Waals surface area contributed by atoms with Crippen LogP contribution in [-0.4, -0.2) is 22.1 Å². The summed E-state index contributed by atoms with van der Waals surface area (Å²) >= 11 is 1.55. The Hall–Kier alpha value is -2.65. The minimum Gasteiger partial charge on any atom is -0.497 e. The van der Waals surface area contributed by atoms with Crippen molar-refractivity contribution in [3.63, 3.8) is 0 Å². The molecular weight excluding hydrogens is 272 g/mol. The quantitative estimate of drug-likeness (QED) is 0.741. The molecule has 0 atom stereocenters. The number of nitriles is 1. The van der Waals surface area contributed by atoms with E-state index in [0.29, 0.717) is 11.4 Å². The number of benzene rings is 1. The number of methoxy groups -OCH3 is 1. The SMILES string of the molecule is COc1cccc(-n2nnc(C#N)c2-c2cccs2)c1. The molecule has 0 aliphatic rings. The zero-order valence-corrected chi connectivity index (χ0v) is 11.5. The van der Waals surface area contributed by atoms with Gasteiger partial charge < -0.3 is 4.74 Å². The van der Waals surface area contributed by atoms with Gasteiger partial charge in [-0.3, -0.25) is 0 Å². The van der Waals surface area contributed by atoms with Crippen LogP contribution >= 0.6 is 11.3 Å². The van der Waals surface area contributed by atoms with E-state index in [9.17, 15) is 5.26 Å². The summed E-state index contributed by atoms with van der Waals surface area (Å²) in [5.74, 6) is 0.730. The van der Waals surface area contributed by atoms with Crippen molar-refractivity contribution in [1.82, 2.24) is 15.0 Å². The van der Waals surface area contributed by atoms with Crippen LogP contribution in [0.1, 0.15) is 5.69 Å². The highest BCUT2D eigenvalue weighted by atomic mass is 32.1. The van der Waals surface area contributed by atoms with E-state index in [0.717, 1.165) is 16.3 Å². The van der Waals surface area contributed by atoms with Crippen LogP contribution in [0.4, 0.5) is 0 Å². The van der Waals surface area contributed by atoms with E-state index in [1.807, 2.05) is 41.8 Å². The summed E-state index contributed by atoms with van der Waals surface area (Å²) in [6.07, 6.45) is 0. The lowest BCUT2D eigenvalue weighted by atomic mass is 10.2. The molecule has 3 rings (SSSR count). The standard InChI is InChI=1S/C14H10N4OS/c1-19-11-5-2-4-10(8-11)18-14(12(9-15)16-17-18)13-6-3-7-20-13/h2-8H,1H3. The molecule has 0 aliphatic carbocycles. The van der Waals surface area contributed by atoms with Crippen LogP contribution in [-0.2, 0) is 0 Å². The van der Waals surface area contributed by atoms with Crippen molar-refractivity contribution in [3.8, 4) is 28.1 Å². The number of thiophene rings is 1. The second kappa shape index (κ2) is 5.15. The first-order valence-corrected chi connectivity index (χ1v) is 6.75. The Morgan fingerprint density at radius 1 is 1.30 bits per heavy atom. The molecular formula is C14H10N4OS. The average molecular weight is 282 g/mol. The first-order chi connectivity index (χ1) is 9.83. The smallest absolute Gasteiger partial charge is 0.191 e. The molecule has 20 heavy (non-hydrogen) atoms. The predicted molar refractivity (Wildman–Crippen MR) is 75.9 cm³/mol. The fourth-order valence-electron chi connectivity index (χ4n) is 1.91. The molecule has 0 bridgehead atoms. The number of aromatic nitrogens is 3. The van der Waals surface area contributed by atoms with E-state index >= 15 is 0 Å². The van der Waals surface area contributed by atoms with Gasteiger partial charge >= 0.3 is 0 Å². The molecule has 0 spiro atoms. The molecule has 2 heterocycles. The Morgan fingerprint density at radius 2 is 2.20 bits per heavy atom. The van der Waals surface area contributed by atoms with Crippen molar-refractivity contribution in [1.29, 1.82) is 5.26 Å². The van der Waals surface area contributed by atoms with E-state index < -0.39 is 0 Å². The summed E-state index contributed by atoms with van der Waals surface area (Å²) in [6, 6.07) is 13.4. The Labute approximate surface area is 119 Å². The maximum atomic E-state index is 9.19. The third-order valence-corrected chi connectivity index (χ3v) is 3.71. The van der Waals surface area contributed by atoms with E-state index in [1.165, 1.54) is 0 Å². The third-order valence-electron chi connectivity index (χ3n) is 2.83. The molecule has 0 amide bonds. The maximum Gasteiger partial charge on any atom is 0.191 e. The van der Waals surface area contributed by atoms with Crippen molar-refractivity contribution in [2.45, 2.75) is 0 Å². The van der Waals surface area contributed by atoms with Crippen LogP contribution in [0.15, 0.2) is 41.8 Å². The van der Waals surface area contributed by atoms with Crippen molar-refractivity contribution >= 4 is 11.3 Å². The van der Waals surface area contributed by atoms with Gasteiger partial charge in [0.25, 0.3) is 0 Å². The number of hydrogen-bond acceptors (Lipinski definition) is 5. The van der Waals surface area contributed by atoms with Crippen LogP contribution in [0.2, 0.25) is 0 Å². The molecule has 0 unspecified atom stereocenters. The van der Waals surface area contributed by atoms with Gasteiger partial charge in [0, 0.05) is 6.07 Å². The van der Waals surface area contributed by atoms with E-state index in [2.05, 4.69) is 16.4 Å². The molecule has 1 aromatic carbocycles. The van der Waals surface area contributed by atoms with E-state index in [1.54, 1.807) is 23.1 Å². The van der Waals surface area contributed by atoms with Crippen LogP contribution in [0.3, 0.4) is 0 Å². The van der Waals surface area contributed by atoms with Gasteiger partial charge in [-0.1, -0.05) is 17.3 Å². The van der Waals surface area contributed by atoms with Crippen molar-refractivity contribution in [2.24, 2.45) is 0 Å². The Bertz CT molecular complexity index is 771. The summed E-state index contributed by atoms with van der Waals surface area (Å²) in [5, 5.41) is 19.2. The lowest BCUT2D eigenvalue weighted by molar-refractivity contribution is 0.414. The van der Waals surface area contributed by atoms with E-state index in [4.69, 9.17) is 4.74 Å².